The summed E-state index contributed by atoms with van der Waals surface area (Å²) in [7, 11) is 1.65. The van der Waals surface area contributed by atoms with E-state index >= 15 is 0 Å². The van der Waals surface area contributed by atoms with Crippen molar-refractivity contribution < 1.29 is 19.1 Å². The van der Waals surface area contributed by atoms with Gasteiger partial charge in [-0.1, -0.05) is 30.3 Å². The summed E-state index contributed by atoms with van der Waals surface area (Å²) >= 11 is 0. The van der Waals surface area contributed by atoms with Crippen molar-refractivity contribution in [3.8, 4) is 5.75 Å². The maximum Gasteiger partial charge on any atom is 0.339 e. The molecule has 4 rings (SSSR count). The Bertz CT molecular complexity index is 1180. The molecule has 0 unspecified atom stereocenters. The number of aromatic nitrogens is 1. The molecular weight excluding hydrogens is 404 g/mol. The summed E-state index contributed by atoms with van der Waals surface area (Å²) in [6.45, 7) is 2.01. The molecule has 0 radical (unpaired) electrons. The molecule has 32 heavy (non-hydrogen) atoms. The third-order valence-corrected chi connectivity index (χ3v) is 5.54. The number of esters is 1. The standard InChI is InChI=1S/C26H26N2O4/c1-3-27-23(29)16-32-26(30)24-20-8-4-5-10-22(20)28-25-18(7-6-9-21(24)25)15-17-11-13-19(31-2)14-12-17/h4-5,8,10-15H,3,6-7,9,16H2,1-2H3,(H,27,29)/b18-15-. The molecule has 1 amide bonds. The number of fused-ring (bicyclic) bond motifs is 2. The number of pyridine rings is 1. The number of nitrogens with zero attached hydrogens (tertiary/aromatic N) is 1. The molecule has 1 aliphatic rings. The number of hydrogen-bond acceptors (Lipinski definition) is 5. The zero-order chi connectivity index (χ0) is 22.5. The Morgan fingerprint density at radius 2 is 1.88 bits per heavy atom. The van der Waals surface area contributed by atoms with Crippen LogP contribution in [-0.4, -0.2) is 37.1 Å². The van der Waals surface area contributed by atoms with E-state index in [1.165, 1.54) is 0 Å². The molecule has 0 atom stereocenters. The first-order chi connectivity index (χ1) is 15.6. The second-order valence-corrected chi connectivity index (χ2v) is 7.66. The second-order valence-electron chi connectivity index (χ2n) is 7.66. The van der Waals surface area contributed by atoms with E-state index in [2.05, 4.69) is 11.4 Å². The highest BCUT2D eigenvalue weighted by molar-refractivity contribution is 6.07. The maximum absolute atomic E-state index is 13.1. The van der Waals surface area contributed by atoms with Crippen LogP contribution in [0.5, 0.6) is 5.75 Å². The molecule has 0 aliphatic heterocycles. The SMILES string of the molecule is CCNC(=O)COC(=O)c1c2c(nc3ccccc13)/C(=C\c1ccc(OC)cc1)CCC2. The molecular formula is C26H26N2O4. The van der Waals surface area contributed by atoms with E-state index in [1.54, 1.807) is 7.11 Å². The molecule has 3 aromatic rings. The number of allylic oxidation sites excluding steroid dienone is 1. The molecule has 1 aliphatic carbocycles. The molecule has 1 N–H and O–H groups in total. The fourth-order valence-electron chi connectivity index (χ4n) is 4.06. The predicted octanol–water partition coefficient (Wildman–Crippen LogP) is 4.41. The first kappa shape index (κ1) is 21.6. The van der Waals surface area contributed by atoms with Gasteiger partial charge >= 0.3 is 5.97 Å². The van der Waals surface area contributed by atoms with E-state index in [9.17, 15) is 9.59 Å². The molecule has 6 heteroatoms. The number of benzene rings is 2. The van der Waals surface area contributed by atoms with E-state index in [0.29, 0.717) is 12.1 Å². The highest BCUT2D eigenvalue weighted by Crippen LogP contribution is 2.36. The number of nitrogens with one attached hydrogen (secondary N) is 1. The highest BCUT2D eigenvalue weighted by Gasteiger charge is 2.26. The van der Waals surface area contributed by atoms with Crippen LogP contribution in [0.3, 0.4) is 0 Å². The van der Waals surface area contributed by atoms with Crippen molar-refractivity contribution in [2.24, 2.45) is 0 Å². The van der Waals surface area contributed by atoms with E-state index < -0.39 is 5.97 Å². The summed E-state index contributed by atoms with van der Waals surface area (Å²) in [5.41, 5.74) is 5.09. The van der Waals surface area contributed by atoms with Crippen LogP contribution in [-0.2, 0) is 16.0 Å². The van der Waals surface area contributed by atoms with Crippen LogP contribution in [0.15, 0.2) is 48.5 Å². The van der Waals surface area contributed by atoms with Gasteiger partial charge in [-0.05, 0) is 67.2 Å². The average Bonchev–Trinajstić information content (AvgIpc) is 2.82. The van der Waals surface area contributed by atoms with Crippen LogP contribution in [0.4, 0.5) is 0 Å². The van der Waals surface area contributed by atoms with Gasteiger partial charge < -0.3 is 14.8 Å². The third kappa shape index (κ3) is 4.49. The molecule has 1 heterocycles. The number of rotatable bonds is 6. The minimum Gasteiger partial charge on any atom is -0.497 e. The number of para-hydroxylation sites is 1. The van der Waals surface area contributed by atoms with Gasteiger partial charge in [0.25, 0.3) is 5.91 Å². The molecule has 0 spiro atoms. The maximum atomic E-state index is 13.1. The van der Waals surface area contributed by atoms with Gasteiger partial charge in [0.2, 0.25) is 0 Å². The van der Waals surface area contributed by atoms with Crippen molar-refractivity contribution >= 4 is 34.4 Å². The largest absolute Gasteiger partial charge is 0.497 e. The quantitative estimate of drug-likeness (QED) is 0.586. The van der Waals surface area contributed by atoms with E-state index in [-0.39, 0.29) is 12.5 Å². The van der Waals surface area contributed by atoms with Crippen molar-refractivity contribution in [1.82, 2.24) is 10.3 Å². The van der Waals surface area contributed by atoms with Crippen LogP contribution in [0.2, 0.25) is 0 Å². The Labute approximate surface area is 187 Å². The Morgan fingerprint density at radius 3 is 2.62 bits per heavy atom. The smallest absolute Gasteiger partial charge is 0.339 e. The Balaban J connectivity index is 1.77. The lowest BCUT2D eigenvalue weighted by molar-refractivity contribution is -0.124. The van der Waals surface area contributed by atoms with Gasteiger partial charge in [0.1, 0.15) is 5.75 Å². The number of ether oxygens (including phenoxy) is 2. The Kier molecular flexibility index (Phi) is 6.50. The summed E-state index contributed by atoms with van der Waals surface area (Å²) in [6, 6.07) is 15.4. The van der Waals surface area contributed by atoms with E-state index in [4.69, 9.17) is 14.5 Å². The number of amides is 1. The van der Waals surface area contributed by atoms with Crippen molar-refractivity contribution in [1.29, 1.82) is 0 Å². The molecule has 0 bridgehead atoms. The number of carbonyl (C=O) groups excluding carboxylic acids is 2. The van der Waals surface area contributed by atoms with Gasteiger partial charge in [-0.15, -0.1) is 0 Å². The zero-order valence-corrected chi connectivity index (χ0v) is 18.3. The number of likely N-dealkylation sites (N-methyl/N-ethyl adjacent to an activating group) is 1. The Hall–Kier alpha value is -3.67. The van der Waals surface area contributed by atoms with Crippen molar-refractivity contribution in [2.75, 3.05) is 20.3 Å². The summed E-state index contributed by atoms with van der Waals surface area (Å²) in [5.74, 6) is 0.00225. The summed E-state index contributed by atoms with van der Waals surface area (Å²) in [4.78, 5) is 29.8. The normalized spacial score (nSPS) is 14.1. The molecule has 0 saturated heterocycles. The second kappa shape index (κ2) is 9.64. The van der Waals surface area contributed by atoms with Crippen molar-refractivity contribution in [3.63, 3.8) is 0 Å². The van der Waals surface area contributed by atoms with Gasteiger partial charge in [0.15, 0.2) is 6.61 Å². The van der Waals surface area contributed by atoms with Crippen LogP contribution in [0, 0.1) is 0 Å². The minimum atomic E-state index is -0.489. The van der Waals surface area contributed by atoms with Gasteiger partial charge in [-0.2, -0.15) is 0 Å². The summed E-state index contributed by atoms with van der Waals surface area (Å²) < 4.78 is 10.6. The monoisotopic (exact) mass is 430 g/mol. The minimum absolute atomic E-state index is 0.299. The van der Waals surface area contributed by atoms with Crippen molar-refractivity contribution in [3.05, 3.63) is 70.9 Å². The zero-order valence-electron chi connectivity index (χ0n) is 18.3. The van der Waals surface area contributed by atoms with Gasteiger partial charge in [0.05, 0.1) is 23.9 Å². The lowest BCUT2D eigenvalue weighted by Crippen LogP contribution is -2.28. The fourth-order valence-corrected chi connectivity index (χ4v) is 4.06. The van der Waals surface area contributed by atoms with Crippen LogP contribution in [0.25, 0.3) is 22.6 Å². The van der Waals surface area contributed by atoms with Crippen LogP contribution >= 0.6 is 0 Å². The average molecular weight is 431 g/mol. The van der Waals surface area contributed by atoms with E-state index in [1.807, 2.05) is 55.5 Å². The van der Waals surface area contributed by atoms with Gasteiger partial charge in [-0.3, -0.25) is 4.79 Å². The number of hydrogen-bond donors (Lipinski definition) is 1. The lowest BCUT2D eigenvalue weighted by Gasteiger charge is -2.22. The van der Waals surface area contributed by atoms with Crippen LogP contribution < -0.4 is 10.1 Å². The van der Waals surface area contributed by atoms with Crippen LogP contribution in [0.1, 0.15) is 46.9 Å². The topological polar surface area (TPSA) is 77.5 Å². The molecule has 0 fully saturated rings. The molecule has 164 valence electrons. The summed E-state index contributed by atoms with van der Waals surface area (Å²) in [6.07, 6.45) is 4.63. The number of methoxy groups -OCH3 is 1. The Morgan fingerprint density at radius 1 is 1.09 bits per heavy atom. The molecule has 0 saturated carbocycles. The van der Waals surface area contributed by atoms with Crippen molar-refractivity contribution in [2.45, 2.75) is 26.2 Å². The molecule has 1 aromatic heterocycles. The first-order valence-corrected chi connectivity index (χ1v) is 10.8. The predicted molar refractivity (Wildman–Crippen MR) is 125 cm³/mol. The lowest BCUT2D eigenvalue weighted by atomic mass is 9.86. The number of carbonyl (C=O) groups is 2. The first-order valence-electron chi connectivity index (χ1n) is 10.8. The highest BCUT2D eigenvalue weighted by atomic mass is 16.5. The van der Waals surface area contributed by atoms with Gasteiger partial charge in [-0.25, -0.2) is 9.78 Å². The van der Waals surface area contributed by atoms with E-state index in [0.717, 1.165) is 58.3 Å². The molecule has 6 nitrogen and oxygen atoms in total. The third-order valence-electron chi connectivity index (χ3n) is 5.54. The van der Waals surface area contributed by atoms with Gasteiger partial charge in [0, 0.05) is 11.9 Å². The molecule has 2 aromatic carbocycles. The summed E-state index contributed by atoms with van der Waals surface area (Å²) in [5, 5.41) is 3.40. The fraction of sp³-hybridized carbons (Fsp3) is 0.269.